The number of carbonyl (C=O) groups excluding carboxylic acids is 1. The highest BCUT2D eigenvalue weighted by Crippen LogP contribution is 2.20. The zero-order valence-corrected chi connectivity index (χ0v) is 16.2. The maximum absolute atomic E-state index is 13.0. The minimum atomic E-state index is -3.65. The van der Waals surface area contributed by atoms with Gasteiger partial charge in [-0.25, -0.2) is 12.8 Å². The van der Waals surface area contributed by atoms with Gasteiger partial charge in [-0.05, 0) is 50.6 Å². The number of sulfone groups is 1. The molecule has 1 aliphatic rings. The Kier molecular flexibility index (Phi) is 8.31. The second-order valence-corrected chi connectivity index (χ2v) is 8.61. The van der Waals surface area contributed by atoms with Crippen LogP contribution in [0.3, 0.4) is 0 Å². The summed E-state index contributed by atoms with van der Waals surface area (Å²) in [5.74, 6) is -0.621. The van der Waals surface area contributed by atoms with Crippen LogP contribution in [-0.4, -0.2) is 50.2 Å². The Balaban J connectivity index is 0.00000312. The number of benzene rings is 1. The average molecular weight is 393 g/mol. The van der Waals surface area contributed by atoms with Crippen LogP contribution in [0.1, 0.15) is 33.1 Å². The highest BCUT2D eigenvalue weighted by molar-refractivity contribution is 7.92. The third-order valence-electron chi connectivity index (χ3n) is 4.39. The van der Waals surface area contributed by atoms with Crippen LogP contribution in [0.2, 0.25) is 0 Å². The molecule has 1 aliphatic heterocycles. The molecule has 1 N–H and O–H groups in total. The molecule has 1 fully saturated rings. The lowest BCUT2D eigenvalue weighted by molar-refractivity contribution is -0.133. The molecule has 5 nitrogen and oxygen atoms in total. The zero-order valence-electron chi connectivity index (χ0n) is 14.6. The van der Waals surface area contributed by atoms with E-state index in [0.29, 0.717) is 6.54 Å². The molecule has 0 radical (unpaired) electrons. The van der Waals surface area contributed by atoms with E-state index in [9.17, 15) is 17.6 Å². The number of hydrogen-bond donors (Lipinski definition) is 1. The van der Waals surface area contributed by atoms with Gasteiger partial charge in [0.1, 0.15) is 5.82 Å². The molecule has 2 unspecified atom stereocenters. The molecule has 2 atom stereocenters. The number of nitrogens with zero attached hydrogens (tertiary/aromatic N) is 1. The van der Waals surface area contributed by atoms with Crippen LogP contribution in [0.15, 0.2) is 29.2 Å². The van der Waals surface area contributed by atoms with Gasteiger partial charge in [-0.2, -0.15) is 0 Å². The summed E-state index contributed by atoms with van der Waals surface area (Å²) in [5, 5.41) is 2.39. The van der Waals surface area contributed by atoms with E-state index in [0.717, 1.165) is 38.1 Å². The van der Waals surface area contributed by atoms with Crippen molar-refractivity contribution in [3.8, 4) is 0 Å². The molecule has 1 aromatic carbocycles. The Morgan fingerprint density at radius 2 is 2.00 bits per heavy atom. The van der Waals surface area contributed by atoms with Gasteiger partial charge in [-0.1, -0.05) is 6.92 Å². The van der Waals surface area contributed by atoms with Crippen molar-refractivity contribution in [2.75, 3.05) is 19.6 Å². The lowest BCUT2D eigenvalue weighted by Gasteiger charge is -2.29. The molecule has 1 amide bonds. The first-order valence-corrected chi connectivity index (χ1v) is 9.90. The third-order valence-corrected chi connectivity index (χ3v) is 6.55. The Morgan fingerprint density at radius 3 is 2.52 bits per heavy atom. The van der Waals surface area contributed by atoms with Crippen molar-refractivity contribution in [3.63, 3.8) is 0 Å². The fourth-order valence-electron chi connectivity index (χ4n) is 2.99. The maximum atomic E-state index is 13.0. The van der Waals surface area contributed by atoms with E-state index in [1.54, 1.807) is 4.90 Å². The van der Waals surface area contributed by atoms with Gasteiger partial charge in [-0.15, -0.1) is 12.4 Å². The Morgan fingerprint density at radius 1 is 1.36 bits per heavy atom. The summed E-state index contributed by atoms with van der Waals surface area (Å²) < 4.78 is 38.1. The van der Waals surface area contributed by atoms with E-state index in [1.165, 1.54) is 19.1 Å². The molecule has 8 heteroatoms. The van der Waals surface area contributed by atoms with Crippen molar-refractivity contribution in [2.45, 2.75) is 49.3 Å². The number of hydrogen-bond acceptors (Lipinski definition) is 4. The van der Waals surface area contributed by atoms with Crippen LogP contribution >= 0.6 is 12.4 Å². The topological polar surface area (TPSA) is 66.5 Å². The smallest absolute Gasteiger partial charge is 0.224 e. The Hall–Kier alpha value is -1.18. The summed E-state index contributed by atoms with van der Waals surface area (Å²) in [6, 6.07) is 4.87. The predicted molar refractivity (Wildman–Crippen MR) is 98.2 cm³/mol. The first kappa shape index (κ1) is 21.9. The SMILES string of the molecule is CCCN(C(=O)CC(C)S(=O)(=O)c1ccc(F)cc1)C1CCNC1.Cl. The van der Waals surface area contributed by atoms with Gasteiger partial charge in [-0.3, -0.25) is 4.79 Å². The van der Waals surface area contributed by atoms with E-state index >= 15 is 0 Å². The molecule has 1 heterocycles. The second-order valence-electron chi connectivity index (χ2n) is 6.25. The van der Waals surface area contributed by atoms with E-state index in [4.69, 9.17) is 0 Å². The quantitative estimate of drug-likeness (QED) is 0.723. The summed E-state index contributed by atoms with van der Waals surface area (Å²) in [6.45, 7) is 5.80. The van der Waals surface area contributed by atoms with Crippen molar-refractivity contribution in [1.82, 2.24) is 10.2 Å². The van der Waals surface area contributed by atoms with Crippen molar-refractivity contribution < 1.29 is 17.6 Å². The van der Waals surface area contributed by atoms with Gasteiger partial charge in [0.15, 0.2) is 9.84 Å². The van der Waals surface area contributed by atoms with Gasteiger partial charge >= 0.3 is 0 Å². The maximum Gasteiger partial charge on any atom is 0.224 e. The zero-order chi connectivity index (χ0) is 17.7. The Labute approximate surface area is 155 Å². The summed E-state index contributed by atoms with van der Waals surface area (Å²) in [6.07, 6.45) is 1.67. The predicted octanol–water partition coefficient (Wildman–Crippen LogP) is 2.40. The molecule has 142 valence electrons. The van der Waals surface area contributed by atoms with Crippen LogP contribution < -0.4 is 5.32 Å². The van der Waals surface area contributed by atoms with Crippen LogP contribution in [0.4, 0.5) is 4.39 Å². The molecule has 0 aliphatic carbocycles. The molecule has 25 heavy (non-hydrogen) atoms. The lowest BCUT2D eigenvalue weighted by atomic mass is 10.2. The normalized spacial score (nSPS) is 18.4. The highest BCUT2D eigenvalue weighted by atomic mass is 35.5. The first-order valence-electron chi connectivity index (χ1n) is 8.36. The molecule has 0 bridgehead atoms. The van der Waals surface area contributed by atoms with Crippen LogP contribution in [0.5, 0.6) is 0 Å². The molecule has 2 rings (SSSR count). The van der Waals surface area contributed by atoms with Crippen molar-refractivity contribution in [2.24, 2.45) is 0 Å². The van der Waals surface area contributed by atoms with Crippen molar-refractivity contribution >= 4 is 28.2 Å². The largest absolute Gasteiger partial charge is 0.338 e. The molecule has 0 saturated carbocycles. The number of amides is 1. The second kappa shape index (κ2) is 9.50. The Bertz CT molecular complexity index is 661. The van der Waals surface area contributed by atoms with Crippen LogP contribution in [0.25, 0.3) is 0 Å². The highest BCUT2D eigenvalue weighted by Gasteiger charge is 2.31. The van der Waals surface area contributed by atoms with E-state index < -0.39 is 20.9 Å². The van der Waals surface area contributed by atoms with Gasteiger partial charge < -0.3 is 10.2 Å². The third kappa shape index (κ3) is 5.39. The van der Waals surface area contributed by atoms with Crippen molar-refractivity contribution in [3.05, 3.63) is 30.1 Å². The van der Waals surface area contributed by atoms with E-state index in [2.05, 4.69) is 5.32 Å². The molecule has 0 aromatic heterocycles. The molecule has 1 saturated heterocycles. The molecule has 1 aromatic rings. The molecular weight excluding hydrogens is 367 g/mol. The monoisotopic (exact) mass is 392 g/mol. The number of halogens is 2. The van der Waals surface area contributed by atoms with Gasteiger partial charge in [0.2, 0.25) is 5.91 Å². The molecular formula is C17H26ClFN2O3S. The summed E-state index contributed by atoms with van der Waals surface area (Å²) in [7, 11) is -3.65. The summed E-state index contributed by atoms with van der Waals surface area (Å²) >= 11 is 0. The first-order chi connectivity index (χ1) is 11.4. The fraction of sp³-hybridized carbons (Fsp3) is 0.588. The minimum Gasteiger partial charge on any atom is -0.338 e. The van der Waals surface area contributed by atoms with Crippen LogP contribution in [0, 0.1) is 5.82 Å². The lowest BCUT2D eigenvalue weighted by Crippen LogP contribution is -2.43. The van der Waals surface area contributed by atoms with Gasteiger partial charge in [0.05, 0.1) is 10.1 Å². The summed E-state index contributed by atoms with van der Waals surface area (Å²) in [4.78, 5) is 14.5. The summed E-state index contributed by atoms with van der Waals surface area (Å²) in [5.41, 5.74) is 0. The number of nitrogens with one attached hydrogen (secondary N) is 1. The number of carbonyl (C=O) groups is 1. The molecule has 0 spiro atoms. The fourth-order valence-corrected chi connectivity index (χ4v) is 4.33. The average Bonchev–Trinajstić information content (AvgIpc) is 3.06. The standard InChI is InChI=1S/C17H25FN2O3S.ClH/c1-3-10-20(15-8-9-19-12-15)17(21)11-13(2)24(22,23)16-6-4-14(18)5-7-16;/h4-7,13,15,19H,3,8-12H2,1-2H3;1H. The van der Waals surface area contributed by atoms with E-state index in [1.807, 2.05) is 6.92 Å². The minimum absolute atomic E-state index is 0. The number of rotatable bonds is 7. The van der Waals surface area contributed by atoms with Gasteiger partial charge in [0, 0.05) is 25.6 Å². The van der Waals surface area contributed by atoms with Crippen LogP contribution in [-0.2, 0) is 14.6 Å². The van der Waals surface area contributed by atoms with Gasteiger partial charge in [0.25, 0.3) is 0 Å². The van der Waals surface area contributed by atoms with Crippen molar-refractivity contribution in [1.29, 1.82) is 0 Å². The van der Waals surface area contributed by atoms with E-state index in [-0.39, 0.29) is 35.7 Å².